The highest BCUT2D eigenvalue weighted by molar-refractivity contribution is 5.68. The Morgan fingerprint density at radius 1 is 1.48 bits per heavy atom. The van der Waals surface area contributed by atoms with Crippen molar-refractivity contribution >= 4 is 5.69 Å². The zero-order valence-corrected chi connectivity index (χ0v) is 12.0. The van der Waals surface area contributed by atoms with Crippen molar-refractivity contribution in [3.05, 3.63) is 18.2 Å². The topological polar surface area (TPSA) is 88.1 Å². The number of rotatable bonds is 5. The van der Waals surface area contributed by atoms with Crippen molar-refractivity contribution in [2.45, 2.75) is 19.4 Å². The molecule has 1 aromatic carbocycles. The van der Waals surface area contributed by atoms with Gasteiger partial charge in [-0.3, -0.25) is 0 Å². The number of benzene rings is 1. The number of methoxy groups -OCH3 is 1. The molecule has 112 valence electrons. The van der Waals surface area contributed by atoms with Crippen LogP contribution < -0.4 is 10.5 Å². The number of hydrogen-bond acceptors (Lipinski definition) is 6. The number of aryl methyl sites for hydroxylation is 1. The average Bonchev–Trinajstić information content (AvgIpc) is 3.16. The van der Waals surface area contributed by atoms with Crippen LogP contribution in [0.25, 0.3) is 11.4 Å². The lowest BCUT2D eigenvalue weighted by molar-refractivity contribution is 0.183. The zero-order valence-electron chi connectivity index (χ0n) is 12.0. The van der Waals surface area contributed by atoms with E-state index in [4.69, 9.17) is 15.2 Å². The maximum absolute atomic E-state index is 5.86. The number of nitrogens with two attached hydrogens (primary N) is 1. The highest BCUT2D eigenvalue weighted by Crippen LogP contribution is 2.30. The molecule has 7 nitrogen and oxygen atoms in total. The lowest BCUT2D eigenvalue weighted by Gasteiger charge is -2.11. The highest BCUT2D eigenvalue weighted by Gasteiger charge is 2.18. The first-order valence-electron chi connectivity index (χ1n) is 7.05. The van der Waals surface area contributed by atoms with Crippen molar-refractivity contribution in [3.8, 4) is 17.1 Å². The molecule has 2 heterocycles. The monoisotopic (exact) mass is 289 g/mol. The largest absolute Gasteiger partial charge is 0.496 e. The number of hydrogen-bond donors (Lipinski definition) is 1. The minimum atomic E-state index is 0.588. The van der Waals surface area contributed by atoms with Gasteiger partial charge in [-0.05, 0) is 47.4 Å². The van der Waals surface area contributed by atoms with Crippen LogP contribution in [0.15, 0.2) is 18.2 Å². The third-order valence-corrected chi connectivity index (χ3v) is 3.77. The minimum absolute atomic E-state index is 0.588. The van der Waals surface area contributed by atoms with Crippen LogP contribution >= 0.6 is 0 Å². The molecular weight excluding hydrogens is 270 g/mol. The van der Waals surface area contributed by atoms with E-state index in [2.05, 4.69) is 15.5 Å². The molecule has 0 radical (unpaired) electrons. The van der Waals surface area contributed by atoms with Crippen molar-refractivity contribution in [3.63, 3.8) is 0 Å². The Morgan fingerprint density at radius 3 is 3.14 bits per heavy atom. The maximum Gasteiger partial charge on any atom is 0.185 e. The normalized spacial score (nSPS) is 18.0. The van der Waals surface area contributed by atoms with Crippen LogP contribution in [-0.4, -0.2) is 40.5 Å². The van der Waals surface area contributed by atoms with Gasteiger partial charge in [0.15, 0.2) is 5.82 Å². The zero-order chi connectivity index (χ0) is 14.7. The highest BCUT2D eigenvalue weighted by atomic mass is 16.5. The van der Waals surface area contributed by atoms with Gasteiger partial charge in [-0.2, -0.15) is 0 Å². The SMILES string of the molecule is COc1ccc(N)cc1-c1nnnn1CCC1CCOC1. The molecule has 1 atom stereocenters. The maximum atomic E-state index is 5.86. The molecule has 0 amide bonds. The molecule has 0 saturated carbocycles. The smallest absolute Gasteiger partial charge is 0.185 e. The molecule has 0 spiro atoms. The summed E-state index contributed by atoms with van der Waals surface area (Å²) in [7, 11) is 1.62. The van der Waals surface area contributed by atoms with E-state index in [1.54, 1.807) is 17.9 Å². The average molecular weight is 289 g/mol. The van der Waals surface area contributed by atoms with Crippen LogP contribution in [0.2, 0.25) is 0 Å². The summed E-state index contributed by atoms with van der Waals surface area (Å²) >= 11 is 0. The molecule has 3 rings (SSSR count). The molecule has 0 aliphatic carbocycles. The van der Waals surface area contributed by atoms with Crippen molar-refractivity contribution in [2.24, 2.45) is 5.92 Å². The molecule has 21 heavy (non-hydrogen) atoms. The van der Waals surface area contributed by atoms with Gasteiger partial charge in [-0.15, -0.1) is 5.10 Å². The van der Waals surface area contributed by atoms with Gasteiger partial charge in [0.1, 0.15) is 5.75 Å². The molecule has 2 N–H and O–H groups in total. The van der Waals surface area contributed by atoms with Crippen LogP contribution in [0.1, 0.15) is 12.8 Å². The number of aromatic nitrogens is 4. The van der Waals surface area contributed by atoms with Crippen LogP contribution in [0.3, 0.4) is 0 Å². The molecule has 0 bridgehead atoms. The second-order valence-corrected chi connectivity index (χ2v) is 5.20. The predicted octanol–water partition coefficient (Wildman–Crippen LogP) is 1.36. The second-order valence-electron chi connectivity index (χ2n) is 5.20. The standard InChI is InChI=1S/C14H19N5O2/c1-20-13-3-2-11(15)8-12(13)14-16-17-18-19(14)6-4-10-5-7-21-9-10/h2-3,8,10H,4-7,9,15H2,1H3. The van der Waals surface area contributed by atoms with E-state index < -0.39 is 0 Å². The van der Waals surface area contributed by atoms with E-state index in [1.165, 1.54) is 0 Å². The van der Waals surface area contributed by atoms with E-state index in [-0.39, 0.29) is 0 Å². The molecular formula is C14H19N5O2. The number of tetrazole rings is 1. The Labute approximate surface area is 123 Å². The van der Waals surface area contributed by atoms with Gasteiger partial charge >= 0.3 is 0 Å². The molecule has 1 aliphatic heterocycles. The third-order valence-electron chi connectivity index (χ3n) is 3.77. The van der Waals surface area contributed by atoms with E-state index in [0.29, 0.717) is 23.2 Å². The van der Waals surface area contributed by atoms with Gasteiger partial charge in [-0.25, -0.2) is 4.68 Å². The van der Waals surface area contributed by atoms with Crippen LogP contribution in [0, 0.1) is 5.92 Å². The third kappa shape index (κ3) is 2.97. The van der Waals surface area contributed by atoms with Gasteiger partial charge in [0.25, 0.3) is 0 Å². The minimum Gasteiger partial charge on any atom is -0.496 e. The summed E-state index contributed by atoms with van der Waals surface area (Å²) in [5, 5.41) is 12.0. The summed E-state index contributed by atoms with van der Waals surface area (Å²) in [5.41, 5.74) is 7.33. The number of nitrogens with zero attached hydrogens (tertiary/aromatic N) is 4. The summed E-state index contributed by atoms with van der Waals surface area (Å²) < 4.78 is 12.6. The molecule has 1 aliphatic rings. The van der Waals surface area contributed by atoms with Crippen molar-refractivity contribution in [1.29, 1.82) is 0 Å². The Balaban J connectivity index is 1.82. The Kier molecular flexibility index (Phi) is 4.01. The van der Waals surface area contributed by atoms with Gasteiger partial charge < -0.3 is 15.2 Å². The first kappa shape index (κ1) is 13.8. The van der Waals surface area contributed by atoms with E-state index in [0.717, 1.165) is 38.2 Å². The van der Waals surface area contributed by atoms with E-state index in [1.807, 2.05) is 12.1 Å². The molecule has 1 saturated heterocycles. The van der Waals surface area contributed by atoms with E-state index >= 15 is 0 Å². The molecule has 1 aromatic heterocycles. The van der Waals surface area contributed by atoms with Gasteiger partial charge in [0, 0.05) is 25.4 Å². The van der Waals surface area contributed by atoms with Gasteiger partial charge in [0.05, 0.1) is 12.7 Å². The van der Waals surface area contributed by atoms with Gasteiger partial charge in [-0.1, -0.05) is 0 Å². The summed E-state index contributed by atoms with van der Waals surface area (Å²) in [5.74, 6) is 1.98. The Hall–Kier alpha value is -2.15. The van der Waals surface area contributed by atoms with Gasteiger partial charge in [0.2, 0.25) is 0 Å². The second kappa shape index (κ2) is 6.09. The van der Waals surface area contributed by atoms with Crippen LogP contribution in [-0.2, 0) is 11.3 Å². The summed E-state index contributed by atoms with van der Waals surface area (Å²) in [4.78, 5) is 0. The molecule has 1 fully saturated rings. The van der Waals surface area contributed by atoms with Crippen LogP contribution in [0.4, 0.5) is 5.69 Å². The first-order valence-corrected chi connectivity index (χ1v) is 7.05. The predicted molar refractivity (Wildman–Crippen MR) is 77.8 cm³/mol. The first-order chi connectivity index (χ1) is 10.3. The summed E-state index contributed by atoms with van der Waals surface area (Å²) in [6.45, 7) is 2.45. The Bertz CT molecular complexity index is 607. The van der Waals surface area contributed by atoms with E-state index in [9.17, 15) is 0 Å². The lowest BCUT2D eigenvalue weighted by atomic mass is 10.1. The fourth-order valence-corrected chi connectivity index (χ4v) is 2.56. The number of anilines is 1. The summed E-state index contributed by atoms with van der Waals surface area (Å²) in [6.07, 6.45) is 2.11. The molecule has 1 unspecified atom stereocenters. The Morgan fingerprint density at radius 2 is 2.38 bits per heavy atom. The van der Waals surface area contributed by atoms with Crippen molar-refractivity contribution in [1.82, 2.24) is 20.2 Å². The van der Waals surface area contributed by atoms with Crippen LogP contribution in [0.5, 0.6) is 5.75 Å². The number of nitrogen functional groups attached to an aromatic ring is 1. The fraction of sp³-hybridized carbons (Fsp3) is 0.500. The lowest BCUT2D eigenvalue weighted by Crippen LogP contribution is -2.09. The van der Waals surface area contributed by atoms with Crippen molar-refractivity contribution < 1.29 is 9.47 Å². The molecule has 2 aromatic rings. The fourth-order valence-electron chi connectivity index (χ4n) is 2.56. The van der Waals surface area contributed by atoms with Crippen molar-refractivity contribution in [2.75, 3.05) is 26.1 Å². The summed E-state index contributed by atoms with van der Waals surface area (Å²) in [6, 6.07) is 5.46. The number of ether oxygens (including phenoxy) is 2. The quantitative estimate of drug-likeness (QED) is 0.836. The molecule has 7 heteroatoms.